The number of ether oxygens (including phenoxy) is 1. The highest BCUT2D eigenvalue weighted by molar-refractivity contribution is 7.92. The molecule has 0 saturated carbocycles. The summed E-state index contributed by atoms with van der Waals surface area (Å²) in [5.41, 5.74) is 1.30. The number of nitrogens with zero attached hydrogens (tertiary/aromatic N) is 1. The summed E-state index contributed by atoms with van der Waals surface area (Å²) < 4.78 is 31.5. The lowest BCUT2D eigenvalue weighted by Gasteiger charge is -2.25. The van der Waals surface area contributed by atoms with E-state index in [1.807, 2.05) is 61.5 Å². The highest BCUT2D eigenvalue weighted by atomic mass is 32.2. The van der Waals surface area contributed by atoms with Gasteiger partial charge in [0.2, 0.25) is 15.9 Å². The number of sulfonamides is 1. The number of amides is 1. The minimum atomic E-state index is -3.67. The third-order valence-corrected chi connectivity index (χ3v) is 5.83. The molecule has 0 heterocycles. The lowest BCUT2D eigenvalue weighted by molar-refractivity contribution is -0.120. The summed E-state index contributed by atoms with van der Waals surface area (Å²) in [6.07, 6.45) is 1.10. The van der Waals surface area contributed by atoms with Crippen molar-refractivity contribution < 1.29 is 17.9 Å². The minimum Gasteiger partial charge on any atom is -0.496 e. The number of nitrogens with one attached hydrogen (secondary N) is 1. The van der Waals surface area contributed by atoms with E-state index in [0.29, 0.717) is 11.4 Å². The number of carbonyl (C=O) groups excluding carboxylic acids is 1. The summed E-state index contributed by atoms with van der Waals surface area (Å²) in [5, 5.41) is 4.54. The van der Waals surface area contributed by atoms with Gasteiger partial charge in [0, 0.05) is 10.9 Å². The average molecular weight is 413 g/mol. The molecule has 7 heteroatoms. The number of methoxy groups -OCH3 is 1. The van der Waals surface area contributed by atoms with Gasteiger partial charge in [-0.05, 0) is 24.4 Å². The van der Waals surface area contributed by atoms with Crippen molar-refractivity contribution in [3.05, 3.63) is 72.3 Å². The smallest absolute Gasteiger partial charge is 0.241 e. The molecule has 3 rings (SSSR count). The number of hydrogen-bond acceptors (Lipinski definition) is 4. The number of hydrogen-bond donors (Lipinski definition) is 1. The van der Waals surface area contributed by atoms with Crippen LogP contribution in [0.3, 0.4) is 0 Å². The molecule has 0 aliphatic rings. The van der Waals surface area contributed by atoms with Crippen molar-refractivity contribution >= 4 is 32.4 Å². The average Bonchev–Trinajstić information content (AvgIpc) is 2.70. The second kappa shape index (κ2) is 8.53. The summed E-state index contributed by atoms with van der Waals surface area (Å²) in [5.74, 6) is 0.260. The number of benzene rings is 3. The van der Waals surface area contributed by atoms with Gasteiger partial charge in [-0.3, -0.25) is 9.10 Å². The lowest BCUT2D eigenvalue weighted by atomic mass is 10.1. The molecule has 0 aliphatic carbocycles. The van der Waals surface area contributed by atoms with Gasteiger partial charge < -0.3 is 10.1 Å². The number of fused-ring (bicyclic) bond motifs is 1. The molecule has 0 aromatic heterocycles. The van der Waals surface area contributed by atoms with Gasteiger partial charge in [0.1, 0.15) is 12.3 Å². The first kappa shape index (κ1) is 20.7. The standard InChI is InChI=1S/C22H24N2O4S/c1-16(18-11-6-7-14-21(18)28-2)23-22(25)15-24(29(3,26)27)20-13-8-10-17-9-4-5-12-19(17)20/h4-14,16H,15H2,1-3H3,(H,23,25)/t16-/m0/s1. The maximum atomic E-state index is 12.7. The van der Waals surface area contributed by atoms with Gasteiger partial charge in [0.05, 0.1) is 25.1 Å². The molecular weight excluding hydrogens is 388 g/mol. The Labute approximate surface area is 171 Å². The monoisotopic (exact) mass is 412 g/mol. The van der Waals surface area contributed by atoms with Crippen molar-refractivity contribution in [2.75, 3.05) is 24.2 Å². The van der Waals surface area contributed by atoms with E-state index in [1.165, 1.54) is 0 Å². The van der Waals surface area contributed by atoms with E-state index in [9.17, 15) is 13.2 Å². The van der Waals surface area contributed by atoms with E-state index < -0.39 is 15.9 Å². The van der Waals surface area contributed by atoms with Crippen LogP contribution in [0.5, 0.6) is 5.75 Å². The first-order valence-corrected chi connectivity index (χ1v) is 11.0. The minimum absolute atomic E-state index is 0.313. The Morgan fingerprint density at radius 3 is 2.41 bits per heavy atom. The molecule has 0 saturated heterocycles. The van der Waals surface area contributed by atoms with Crippen LogP contribution >= 0.6 is 0 Å². The Hall–Kier alpha value is -3.06. The van der Waals surface area contributed by atoms with Gasteiger partial charge in [-0.25, -0.2) is 8.42 Å². The Kier molecular flexibility index (Phi) is 6.08. The number of rotatable bonds is 7. The van der Waals surface area contributed by atoms with Crippen LogP contribution in [-0.4, -0.2) is 34.2 Å². The number of anilines is 1. The zero-order valence-corrected chi connectivity index (χ0v) is 17.4. The predicted molar refractivity (Wildman–Crippen MR) is 116 cm³/mol. The molecule has 1 amide bonds. The summed E-state index contributed by atoms with van der Waals surface area (Å²) in [6.45, 7) is 1.52. The Balaban J connectivity index is 1.87. The van der Waals surface area contributed by atoms with Gasteiger partial charge in [0.15, 0.2) is 0 Å². The Morgan fingerprint density at radius 1 is 1.03 bits per heavy atom. The SMILES string of the molecule is COc1ccccc1[C@H](C)NC(=O)CN(c1cccc2ccccc12)S(C)(=O)=O. The number of carbonyl (C=O) groups is 1. The molecule has 0 fully saturated rings. The molecule has 0 spiro atoms. The molecular formula is C22H24N2O4S. The topological polar surface area (TPSA) is 75.7 Å². The Morgan fingerprint density at radius 2 is 1.69 bits per heavy atom. The third-order valence-electron chi connectivity index (χ3n) is 4.71. The summed E-state index contributed by atoms with van der Waals surface area (Å²) in [7, 11) is -2.10. The van der Waals surface area contributed by atoms with Gasteiger partial charge in [-0.15, -0.1) is 0 Å². The number of para-hydroxylation sites is 1. The van der Waals surface area contributed by atoms with Crippen molar-refractivity contribution in [3.8, 4) is 5.75 Å². The molecule has 0 bridgehead atoms. The van der Waals surface area contributed by atoms with Crippen LogP contribution in [-0.2, 0) is 14.8 Å². The Bertz CT molecular complexity index is 1120. The quantitative estimate of drug-likeness (QED) is 0.645. The van der Waals surface area contributed by atoms with E-state index in [4.69, 9.17) is 4.74 Å². The highest BCUT2D eigenvalue weighted by Gasteiger charge is 2.24. The normalized spacial score (nSPS) is 12.4. The molecule has 0 radical (unpaired) electrons. The molecule has 29 heavy (non-hydrogen) atoms. The van der Waals surface area contributed by atoms with E-state index in [1.54, 1.807) is 19.2 Å². The van der Waals surface area contributed by atoms with Crippen LogP contribution in [0.15, 0.2) is 66.7 Å². The van der Waals surface area contributed by atoms with Gasteiger partial charge in [-0.2, -0.15) is 0 Å². The van der Waals surface area contributed by atoms with Crippen LogP contribution in [0.25, 0.3) is 10.8 Å². The van der Waals surface area contributed by atoms with E-state index in [0.717, 1.165) is 26.9 Å². The highest BCUT2D eigenvalue weighted by Crippen LogP contribution is 2.29. The predicted octanol–water partition coefficient (Wildman–Crippen LogP) is 3.49. The van der Waals surface area contributed by atoms with Crippen molar-refractivity contribution in [2.45, 2.75) is 13.0 Å². The summed E-state index contributed by atoms with van der Waals surface area (Å²) >= 11 is 0. The lowest BCUT2D eigenvalue weighted by Crippen LogP contribution is -2.41. The molecule has 0 unspecified atom stereocenters. The third kappa shape index (κ3) is 4.68. The van der Waals surface area contributed by atoms with Crippen LogP contribution < -0.4 is 14.4 Å². The van der Waals surface area contributed by atoms with Crippen LogP contribution in [0, 0.1) is 0 Å². The zero-order chi connectivity index (χ0) is 21.0. The first-order valence-electron chi connectivity index (χ1n) is 9.19. The summed E-state index contributed by atoms with van der Waals surface area (Å²) in [6, 6.07) is 19.9. The van der Waals surface area contributed by atoms with Gasteiger partial charge in [0.25, 0.3) is 0 Å². The summed E-state index contributed by atoms with van der Waals surface area (Å²) in [4.78, 5) is 12.7. The molecule has 3 aromatic carbocycles. The zero-order valence-electron chi connectivity index (χ0n) is 16.6. The fraction of sp³-hybridized carbons (Fsp3) is 0.227. The molecule has 6 nitrogen and oxygen atoms in total. The fourth-order valence-corrected chi connectivity index (χ4v) is 4.19. The van der Waals surface area contributed by atoms with Gasteiger partial charge in [-0.1, -0.05) is 54.6 Å². The second-order valence-electron chi connectivity index (χ2n) is 6.80. The molecule has 152 valence electrons. The maximum Gasteiger partial charge on any atom is 0.241 e. The van der Waals surface area contributed by atoms with Gasteiger partial charge >= 0.3 is 0 Å². The van der Waals surface area contributed by atoms with Crippen molar-refractivity contribution in [1.29, 1.82) is 0 Å². The van der Waals surface area contributed by atoms with Crippen LogP contribution in [0.1, 0.15) is 18.5 Å². The first-order chi connectivity index (χ1) is 13.8. The molecule has 3 aromatic rings. The van der Waals surface area contributed by atoms with E-state index >= 15 is 0 Å². The van der Waals surface area contributed by atoms with Crippen LogP contribution in [0.2, 0.25) is 0 Å². The van der Waals surface area contributed by atoms with Crippen molar-refractivity contribution in [3.63, 3.8) is 0 Å². The maximum absolute atomic E-state index is 12.7. The molecule has 0 aliphatic heterocycles. The molecule has 1 N–H and O–H groups in total. The fourth-order valence-electron chi connectivity index (χ4n) is 3.33. The second-order valence-corrected chi connectivity index (χ2v) is 8.71. The van der Waals surface area contributed by atoms with Crippen LogP contribution in [0.4, 0.5) is 5.69 Å². The van der Waals surface area contributed by atoms with Crippen molar-refractivity contribution in [1.82, 2.24) is 5.32 Å². The molecule has 1 atom stereocenters. The van der Waals surface area contributed by atoms with E-state index in [2.05, 4.69) is 5.32 Å². The van der Waals surface area contributed by atoms with Crippen molar-refractivity contribution in [2.24, 2.45) is 0 Å². The van der Waals surface area contributed by atoms with E-state index in [-0.39, 0.29) is 12.6 Å². The largest absolute Gasteiger partial charge is 0.496 e.